The molecule has 11 aromatic rings. The van der Waals surface area contributed by atoms with Gasteiger partial charge in [0.05, 0.1) is 0 Å². The molecular formula is C59H40. The molecule has 0 atom stereocenters. The predicted molar refractivity (Wildman–Crippen MR) is 255 cm³/mol. The molecule has 0 N–H and O–H groups in total. The van der Waals surface area contributed by atoms with E-state index in [2.05, 4.69) is 219 Å². The van der Waals surface area contributed by atoms with Crippen LogP contribution in [0.25, 0.3) is 111 Å². The summed E-state index contributed by atoms with van der Waals surface area (Å²) in [5.41, 5.74) is 12.4. The minimum absolute atomic E-state index is 1.02. The van der Waals surface area contributed by atoms with Crippen LogP contribution in [0.3, 0.4) is 0 Å². The zero-order valence-electron chi connectivity index (χ0n) is 32.9. The molecule has 0 heteroatoms. The molecule has 0 amide bonds. The van der Waals surface area contributed by atoms with Crippen LogP contribution in [0, 0.1) is 6.92 Å². The minimum Gasteiger partial charge on any atom is -0.0905 e. The van der Waals surface area contributed by atoms with E-state index in [4.69, 9.17) is 6.58 Å². The lowest BCUT2D eigenvalue weighted by atomic mass is 9.84. The summed E-state index contributed by atoms with van der Waals surface area (Å²) in [5.74, 6) is 0. The van der Waals surface area contributed by atoms with Gasteiger partial charge >= 0.3 is 0 Å². The maximum Gasteiger partial charge on any atom is -0.00201 e. The van der Waals surface area contributed by atoms with Gasteiger partial charge in [-0.05, 0) is 133 Å². The van der Waals surface area contributed by atoms with Crippen LogP contribution in [0.2, 0.25) is 0 Å². The number of aryl methyl sites for hydroxylation is 1. The lowest BCUT2D eigenvalue weighted by Gasteiger charge is -2.19. The van der Waals surface area contributed by atoms with Crippen molar-refractivity contribution in [3.05, 3.63) is 228 Å². The molecule has 0 saturated carbocycles. The van der Waals surface area contributed by atoms with Crippen LogP contribution in [0.1, 0.15) is 11.1 Å². The van der Waals surface area contributed by atoms with Gasteiger partial charge in [-0.15, -0.1) is 0 Å². The molecule has 0 heterocycles. The lowest BCUT2D eigenvalue weighted by molar-refractivity contribution is 1.46. The van der Waals surface area contributed by atoms with Crippen LogP contribution in [0.15, 0.2) is 206 Å². The van der Waals surface area contributed by atoms with Gasteiger partial charge in [0.2, 0.25) is 0 Å². The maximum absolute atomic E-state index is 4.83. The normalized spacial score (nSPS) is 12.0. The van der Waals surface area contributed by atoms with Crippen LogP contribution in [0.5, 0.6) is 0 Å². The second kappa shape index (κ2) is 14.1. The van der Waals surface area contributed by atoms with Gasteiger partial charge in [-0.1, -0.05) is 213 Å². The quantitative estimate of drug-likeness (QED) is 0.154. The molecule has 59 heavy (non-hydrogen) atoms. The van der Waals surface area contributed by atoms with Crippen molar-refractivity contribution in [2.75, 3.05) is 0 Å². The van der Waals surface area contributed by atoms with Gasteiger partial charge < -0.3 is 0 Å². The standard InChI is InChI=1S/C59H40/c1-38-35-36-45-44(33-18-34-46(45)59-53-30-15-11-26-49(53)57(41-21-7-4-8-22-41)50-27-12-16-31-54(50)59)55(38)37-42-23-17-32-43(39(42)2)58-51-28-13-9-24-47(51)56(40-19-5-3-6-20-40)48-25-10-14-29-52(48)58/h3-37H,2H2,1H3. The molecule has 0 nitrogen and oxygen atoms in total. The molecule has 0 radical (unpaired) electrons. The molecule has 0 aliphatic heterocycles. The largest absolute Gasteiger partial charge is 0.0905 e. The Morgan fingerprint density at radius 3 is 1.15 bits per heavy atom. The minimum atomic E-state index is 1.02. The van der Waals surface area contributed by atoms with E-state index >= 15 is 0 Å². The fourth-order valence-electron chi connectivity index (χ4n) is 9.70. The first-order valence-corrected chi connectivity index (χ1v) is 20.5. The summed E-state index contributed by atoms with van der Waals surface area (Å²) in [6.07, 6.45) is 2.37. The first-order valence-electron chi connectivity index (χ1n) is 20.5. The van der Waals surface area contributed by atoms with Crippen molar-refractivity contribution in [2.45, 2.75) is 6.92 Å². The van der Waals surface area contributed by atoms with E-state index in [0.29, 0.717) is 0 Å². The second-order valence-electron chi connectivity index (χ2n) is 15.6. The van der Waals surface area contributed by atoms with E-state index in [-0.39, 0.29) is 0 Å². The Hall–Kier alpha value is -7.54. The van der Waals surface area contributed by atoms with Crippen molar-refractivity contribution < 1.29 is 0 Å². The van der Waals surface area contributed by atoms with E-state index in [0.717, 1.165) is 16.0 Å². The molecule has 0 spiro atoms. The average Bonchev–Trinajstić information content (AvgIpc) is 3.29. The summed E-state index contributed by atoms with van der Waals surface area (Å²) in [5, 5.41) is 14.6. The van der Waals surface area contributed by atoms with Crippen LogP contribution in [-0.2, 0) is 0 Å². The van der Waals surface area contributed by atoms with Gasteiger partial charge in [-0.2, -0.15) is 0 Å². The Bertz CT molecular complexity index is 3440. The van der Waals surface area contributed by atoms with Crippen molar-refractivity contribution in [2.24, 2.45) is 0 Å². The fourth-order valence-corrected chi connectivity index (χ4v) is 9.70. The molecule has 0 aliphatic carbocycles. The van der Waals surface area contributed by atoms with Gasteiger partial charge in [-0.3, -0.25) is 0 Å². The lowest BCUT2D eigenvalue weighted by Crippen LogP contribution is -2.25. The highest BCUT2D eigenvalue weighted by Crippen LogP contribution is 2.46. The fraction of sp³-hybridized carbons (Fsp3) is 0.0169. The monoisotopic (exact) mass is 748 g/mol. The number of hydrogen-bond donors (Lipinski definition) is 0. The van der Waals surface area contributed by atoms with E-state index in [1.165, 1.54) is 104 Å². The van der Waals surface area contributed by atoms with E-state index in [9.17, 15) is 0 Å². The van der Waals surface area contributed by atoms with Gasteiger partial charge in [-0.25, -0.2) is 0 Å². The Morgan fingerprint density at radius 1 is 0.305 bits per heavy atom. The molecular weight excluding hydrogens is 709 g/mol. The zero-order valence-corrected chi connectivity index (χ0v) is 32.9. The molecule has 276 valence electrons. The van der Waals surface area contributed by atoms with Crippen molar-refractivity contribution in [1.82, 2.24) is 0 Å². The van der Waals surface area contributed by atoms with Crippen molar-refractivity contribution in [3.8, 4) is 44.5 Å². The Kier molecular flexibility index (Phi) is 8.31. The Labute approximate surface area is 344 Å². The van der Waals surface area contributed by atoms with Crippen LogP contribution in [0.4, 0.5) is 0 Å². The number of rotatable bonds is 5. The second-order valence-corrected chi connectivity index (χ2v) is 15.6. The topological polar surface area (TPSA) is 0 Å². The van der Waals surface area contributed by atoms with Crippen molar-refractivity contribution >= 4 is 66.5 Å². The molecule has 0 unspecified atom stereocenters. The third kappa shape index (κ3) is 5.60. The first kappa shape index (κ1) is 34.7. The van der Waals surface area contributed by atoms with Crippen molar-refractivity contribution in [1.29, 1.82) is 0 Å². The number of fused-ring (bicyclic) bond motifs is 5. The smallest absolute Gasteiger partial charge is 0.00201 e. The third-order valence-electron chi connectivity index (χ3n) is 12.4. The summed E-state index contributed by atoms with van der Waals surface area (Å²) >= 11 is 0. The molecule has 0 aliphatic rings. The third-order valence-corrected chi connectivity index (χ3v) is 12.4. The Balaban J connectivity index is 1.15. The zero-order chi connectivity index (χ0) is 39.5. The van der Waals surface area contributed by atoms with Crippen LogP contribution >= 0.6 is 0 Å². The highest BCUT2D eigenvalue weighted by molar-refractivity contribution is 6.24. The molecule has 0 bridgehead atoms. The summed E-state index contributed by atoms with van der Waals surface area (Å²) in [4.78, 5) is 0. The van der Waals surface area contributed by atoms with E-state index in [1.54, 1.807) is 0 Å². The molecule has 11 aromatic carbocycles. The van der Waals surface area contributed by atoms with Gasteiger partial charge in [0.15, 0.2) is 0 Å². The maximum atomic E-state index is 4.83. The van der Waals surface area contributed by atoms with Gasteiger partial charge in [0, 0.05) is 0 Å². The summed E-state index contributed by atoms with van der Waals surface area (Å²) < 4.78 is 0. The predicted octanol–water partition coefficient (Wildman–Crippen LogP) is 14.7. The van der Waals surface area contributed by atoms with Gasteiger partial charge in [0.25, 0.3) is 0 Å². The van der Waals surface area contributed by atoms with Crippen LogP contribution in [-0.4, -0.2) is 0 Å². The first-order chi connectivity index (χ1) is 29.2. The van der Waals surface area contributed by atoms with E-state index < -0.39 is 0 Å². The number of benzene rings is 11. The van der Waals surface area contributed by atoms with Crippen LogP contribution < -0.4 is 10.4 Å². The number of hydrogen-bond acceptors (Lipinski definition) is 0. The molecule has 0 saturated heterocycles. The molecule has 0 fully saturated rings. The molecule has 11 rings (SSSR count). The highest BCUT2D eigenvalue weighted by atomic mass is 14.2. The summed E-state index contributed by atoms with van der Waals surface area (Å²) in [7, 11) is 0. The summed E-state index contributed by atoms with van der Waals surface area (Å²) in [6.45, 7) is 7.06. The highest BCUT2D eigenvalue weighted by Gasteiger charge is 2.20. The molecule has 0 aromatic heterocycles. The van der Waals surface area contributed by atoms with E-state index in [1.807, 2.05) is 0 Å². The SMILES string of the molecule is C=c1c(-c2c3ccccc3c(-c3ccccc3)c3ccccc23)cccc1=Cc1c(C)ccc2c(-c3c4ccccc4c(-c4ccccc4)c4ccccc34)cccc12. The summed E-state index contributed by atoms with van der Waals surface area (Å²) in [6, 6.07) is 75.3. The average molecular weight is 749 g/mol. The Morgan fingerprint density at radius 2 is 0.678 bits per heavy atom. The van der Waals surface area contributed by atoms with Gasteiger partial charge in [0.1, 0.15) is 0 Å². The van der Waals surface area contributed by atoms with Crippen molar-refractivity contribution in [3.63, 3.8) is 0 Å².